The van der Waals surface area contributed by atoms with Crippen molar-refractivity contribution >= 4 is 34.3 Å². The fourth-order valence-electron chi connectivity index (χ4n) is 3.28. The van der Waals surface area contributed by atoms with Gasteiger partial charge in [0.1, 0.15) is 0 Å². The normalized spacial score (nSPS) is 12.0. The second-order valence-corrected chi connectivity index (χ2v) is 8.10. The third-order valence-electron chi connectivity index (χ3n) is 5.19. The van der Waals surface area contributed by atoms with E-state index in [-0.39, 0.29) is 29.8 Å². The van der Waals surface area contributed by atoms with Crippen LogP contribution >= 0.6 is 11.3 Å². The van der Waals surface area contributed by atoms with Crippen molar-refractivity contribution < 1.29 is 18.8 Å². The third-order valence-corrected chi connectivity index (χ3v) is 6.09. The van der Waals surface area contributed by atoms with Gasteiger partial charge in [-0.3, -0.25) is 4.79 Å². The molecule has 0 aliphatic carbocycles. The van der Waals surface area contributed by atoms with E-state index in [1.807, 2.05) is 54.8 Å². The Balaban J connectivity index is 1.53. The highest BCUT2D eigenvalue weighted by Gasteiger charge is 2.23. The van der Waals surface area contributed by atoms with E-state index in [0.717, 1.165) is 10.4 Å². The maximum absolute atomic E-state index is 12.9. The third kappa shape index (κ3) is 4.20. The van der Waals surface area contributed by atoms with Crippen LogP contribution in [-0.4, -0.2) is 40.6 Å². The molecule has 0 fully saturated rings. The lowest BCUT2D eigenvalue weighted by Crippen LogP contribution is -2.33. The molecule has 7 nitrogen and oxygen atoms in total. The maximum atomic E-state index is 12.9. The molecular weight excluding hydrogens is 414 g/mol. The van der Waals surface area contributed by atoms with E-state index in [9.17, 15) is 9.59 Å². The molecular formula is C23H21N3O4S. The van der Waals surface area contributed by atoms with Crippen LogP contribution in [0.1, 0.15) is 34.6 Å². The highest BCUT2D eigenvalue weighted by molar-refractivity contribution is 7.13. The number of thiophene rings is 1. The van der Waals surface area contributed by atoms with Gasteiger partial charge in [-0.2, -0.15) is 0 Å². The monoisotopic (exact) mass is 435 g/mol. The lowest BCUT2D eigenvalue weighted by atomic mass is 10.1. The van der Waals surface area contributed by atoms with Crippen molar-refractivity contribution in [1.82, 2.24) is 15.0 Å². The van der Waals surface area contributed by atoms with Crippen LogP contribution < -0.4 is 0 Å². The summed E-state index contributed by atoms with van der Waals surface area (Å²) in [6, 6.07) is 15.0. The predicted octanol–water partition coefficient (Wildman–Crippen LogP) is 4.64. The van der Waals surface area contributed by atoms with Crippen molar-refractivity contribution in [3.05, 3.63) is 70.7 Å². The number of fused-ring (bicyclic) bond motifs is 1. The lowest BCUT2D eigenvalue weighted by Gasteiger charge is -2.25. The highest BCUT2D eigenvalue weighted by atomic mass is 32.1. The van der Waals surface area contributed by atoms with Gasteiger partial charge >= 0.3 is 5.97 Å². The standard InChI is InChI=1S/C23H21N3O4S/c1-14-21-17(12-18(19-10-7-11-31-19)24-22(21)30-25-14)23(28)29-13-20(27)26(3)15(2)16-8-5-4-6-9-16/h4-12,15H,13H2,1-3H3. The second-order valence-electron chi connectivity index (χ2n) is 7.15. The predicted molar refractivity (Wildman–Crippen MR) is 118 cm³/mol. The molecule has 1 aromatic carbocycles. The zero-order chi connectivity index (χ0) is 22.0. The Labute approximate surface area is 183 Å². The summed E-state index contributed by atoms with van der Waals surface area (Å²) in [4.78, 5) is 32.5. The molecule has 3 heterocycles. The van der Waals surface area contributed by atoms with Gasteiger partial charge in [0.15, 0.2) is 6.61 Å². The second kappa shape index (κ2) is 8.69. The molecule has 0 saturated carbocycles. The number of aryl methyl sites for hydroxylation is 1. The quantitative estimate of drug-likeness (QED) is 0.410. The topological polar surface area (TPSA) is 85.5 Å². The number of ether oxygens (including phenoxy) is 1. The van der Waals surface area contributed by atoms with Gasteiger partial charge in [0.25, 0.3) is 11.6 Å². The van der Waals surface area contributed by atoms with Crippen LogP contribution in [0.25, 0.3) is 21.7 Å². The molecule has 0 aliphatic rings. The van der Waals surface area contributed by atoms with Crippen LogP contribution in [0.2, 0.25) is 0 Å². The Morgan fingerprint density at radius 1 is 1.19 bits per heavy atom. The van der Waals surface area contributed by atoms with E-state index >= 15 is 0 Å². The Morgan fingerprint density at radius 3 is 2.68 bits per heavy atom. The van der Waals surface area contributed by atoms with E-state index in [1.165, 1.54) is 11.3 Å². The number of carbonyl (C=O) groups is 2. The first kappa shape index (κ1) is 20.7. The molecule has 1 atom stereocenters. The fraction of sp³-hybridized carbons (Fsp3) is 0.217. The van der Waals surface area contributed by atoms with E-state index < -0.39 is 5.97 Å². The number of amides is 1. The number of carbonyl (C=O) groups excluding carboxylic acids is 2. The molecule has 1 amide bonds. The van der Waals surface area contributed by atoms with E-state index in [1.54, 1.807) is 24.9 Å². The summed E-state index contributed by atoms with van der Waals surface area (Å²) in [7, 11) is 1.69. The molecule has 4 aromatic rings. The molecule has 0 N–H and O–H groups in total. The van der Waals surface area contributed by atoms with Crippen molar-refractivity contribution in [2.45, 2.75) is 19.9 Å². The number of aromatic nitrogens is 2. The fourth-order valence-corrected chi connectivity index (χ4v) is 3.97. The smallest absolute Gasteiger partial charge is 0.339 e. The van der Waals surface area contributed by atoms with E-state index in [0.29, 0.717) is 16.8 Å². The summed E-state index contributed by atoms with van der Waals surface area (Å²) < 4.78 is 10.7. The molecule has 0 radical (unpaired) electrons. The minimum atomic E-state index is -0.620. The Bertz CT molecular complexity index is 1220. The largest absolute Gasteiger partial charge is 0.452 e. The van der Waals surface area contributed by atoms with Gasteiger partial charge in [0, 0.05) is 7.05 Å². The molecule has 4 rings (SSSR count). The van der Waals surface area contributed by atoms with Crippen LogP contribution in [0.5, 0.6) is 0 Å². The van der Waals surface area contributed by atoms with E-state index in [2.05, 4.69) is 10.1 Å². The van der Waals surface area contributed by atoms with Gasteiger partial charge in [0.05, 0.1) is 33.3 Å². The first-order chi connectivity index (χ1) is 15.0. The number of esters is 1. The first-order valence-electron chi connectivity index (χ1n) is 9.74. The molecule has 3 aromatic heterocycles. The number of rotatable bonds is 6. The number of hydrogen-bond acceptors (Lipinski definition) is 7. The van der Waals surface area contributed by atoms with Gasteiger partial charge in [-0.15, -0.1) is 11.3 Å². The molecule has 0 saturated heterocycles. The van der Waals surface area contributed by atoms with Gasteiger partial charge in [0.2, 0.25) is 0 Å². The first-order valence-corrected chi connectivity index (χ1v) is 10.6. The van der Waals surface area contributed by atoms with Crippen molar-refractivity contribution in [2.24, 2.45) is 0 Å². The Hall–Kier alpha value is -3.52. The molecule has 158 valence electrons. The van der Waals surface area contributed by atoms with Gasteiger partial charge in [-0.1, -0.05) is 41.6 Å². The summed E-state index contributed by atoms with van der Waals surface area (Å²) in [6.07, 6.45) is 0. The van der Waals surface area contributed by atoms with E-state index in [4.69, 9.17) is 9.26 Å². The van der Waals surface area contributed by atoms with Gasteiger partial charge in [-0.05, 0) is 36.9 Å². The van der Waals surface area contributed by atoms with Crippen LogP contribution in [0.3, 0.4) is 0 Å². The van der Waals surface area contributed by atoms with Crippen LogP contribution in [0.4, 0.5) is 0 Å². The summed E-state index contributed by atoms with van der Waals surface area (Å²) in [5.74, 6) is -0.916. The van der Waals surface area contributed by atoms with Crippen molar-refractivity contribution in [3.63, 3.8) is 0 Å². The molecule has 31 heavy (non-hydrogen) atoms. The zero-order valence-electron chi connectivity index (χ0n) is 17.4. The minimum Gasteiger partial charge on any atom is -0.452 e. The Kier molecular flexibility index (Phi) is 5.81. The van der Waals surface area contributed by atoms with Gasteiger partial charge < -0.3 is 14.2 Å². The van der Waals surface area contributed by atoms with Crippen molar-refractivity contribution in [2.75, 3.05) is 13.7 Å². The van der Waals surface area contributed by atoms with Crippen LogP contribution in [-0.2, 0) is 9.53 Å². The molecule has 1 unspecified atom stereocenters. The minimum absolute atomic E-state index is 0.147. The summed E-state index contributed by atoms with van der Waals surface area (Å²) in [5.41, 5.74) is 2.66. The summed E-state index contributed by atoms with van der Waals surface area (Å²) in [6.45, 7) is 3.29. The maximum Gasteiger partial charge on any atom is 0.339 e. The number of benzene rings is 1. The summed E-state index contributed by atoms with van der Waals surface area (Å²) >= 11 is 1.50. The summed E-state index contributed by atoms with van der Waals surface area (Å²) in [5, 5.41) is 6.34. The van der Waals surface area contributed by atoms with Gasteiger partial charge in [-0.25, -0.2) is 9.78 Å². The SMILES string of the molecule is Cc1noc2nc(-c3cccs3)cc(C(=O)OCC(=O)N(C)C(C)c3ccccc3)c12. The lowest BCUT2D eigenvalue weighted by molar-refractivity contribution is -0.135. The Morgan fingerprint density at radius 2 is 1.97 bits per heavy atom. The van der Waals surface area contributed by atoms with Crippen molar-refractivity contribution in [1.29, 1.82) is 0 Å². The average molecular weight is 436 g/mol. The highest BCUT2D eigenvalue weighted by Crippen LogP contribution is 2.30. The number of hydrogen-bond donors (Lipinski definition) is 0. The number of nitrogens with zero attached hydrogens (tertiary/aromatic N) is 3. The van der Waals surface area contributed by atoms with Crippen molar-refractivity contribution in [3.8, 4) is 10.6 Å². The molecule has 0 bridgehead atoms. The molecule has 8 heteroatoms. The number of likely N-dealkylation sites (N-methyl/N-ethyl adjacent to an activating group) is 1. The van der Waals surface area contributed by atoms with Crippen LogP contribution in [0, 0.1) is 6.92 Å². The average Bonchev–Trinajstić information content (AvgIpc) is 3.46. The number of pyridine rings is 1. The van der Waals surface area contributed by atoms with Crippen LogP contribution in [0.15, 0.2) is 58.4 Å². The molecule has 0 aliphatic heterocycles. The molecule has 0 spiro atoms. The zero-order valence-corrected chi connectivity index (χ0v) is 18.2.